The number of carbonyl (C=O) groups excluding carboxylic acids is 1. The van der Waals surface area contributed by atoms with Crippen LogP contribution in [0.15, 0.2) is 18.3 Å². The molecule has 0 amide bonds. The van der Waals surface area contributed by atoms with Crippen molar-refractivity contribution >= 4 is 11.8 Å². The first-order valence-electron chi connectivity index (χ1n) is 8.56. The van der Waals surface area contributed by atoms with Crippen LogP contribution in [0, 0.1) is 0 Å². The van der Waals surface area contributed by atoms with Crippen molar-refractivity contribution in [3.8, 4) is 0 Å². The molecule has 1 aliphatic rings. The number of aromatic nitrogens is 1. The Hall–Kier alpha value is -1.83. The molecule has 0 N–H and O–H groups in total. The molecule has 1 aliphatic heterocycles. The average Bonchev–Trinajstić information content (AvgIpc) is 2.80. The van der Waals surface area contributed by atoms with Gasteiger partial charge < -0.3 is 9.64 Å². The monoisotopic (exact) mass is 359 g/mol. The van der Waals surface area contributed by atoms with Crippen molar-refractivity contribution in [3.05, 3.63) is 23.9 Å². The minimum absolute atomic E-state index is 0.227. The van der Waals surface area contributed by atoms with Crippen LogP contribution in [0.3, 0.4) is 0 Å². The van der Waals surface area contributed by atoms with Gasteiger partial charge in [0.05, 0.1) is 18.7 Å². The fourth-order valence-corrected chi connectivity index (χ4v) is 2.66. The summed E-state index contributed by atoms with van der Waals surface area (Å²) in [7, 11) is 0. The van der Waals surface area contributed by atoms with E-state index in [0.717, 1.165) is 38.1 Å². The Morgan fingerprint density at radius 3 is 2.68 bits per heavy atom. The zero-order valence-electron chi connectivity index (χ0n) is 14.4. The highest BCUT2D eigenvalue weighted by Crippen LogP contribution is 2.29. The van der Waals surface area contributed by atoms with Crippen molar-refractivity contribution in [1.82, 2.24) is 9.88 Å². The first-order chi connectivity index (χ1) is 11.9. The van der Waals surface area contributed by atoms with E-state index in [2.05, 4.69) is 4.98 Å². The third kappa shape index (κ3) is 6.19. The van der Waals surface area contributed by atoms with Crippen molar-refractivity contribution in [1.29, 1.82) is 0 Å². The number of unbranched alkanes of at least 4 members (excludes halogenated alkanes) is 1. The molecule has 0 bridgehead atoms. The number of halogens is 3. The summed E-state index contributed by atoms with van der Waals surface area (Å²) in [6.45, 7) is 5.43. The predicted octanol–water partition coefficient (Wildman–Crippen LogP) is 2.96. The molecular formula is C17H24F3N3O2. The number of alkyl halides is 3. The van der Waals surface area contributed by atoms with E-state index in [4.69, 9.17) is 4.74 Å². The molecule has 0 aliphatic carbocycles. The van der Waals surface area contributed by atoms with Gasteiger partial charge in [0.15, 0.2) is 0 Å². The summed E-state index contributed by atoms with van der Waals surface area (Å²) >= 11 is 0. The van der Waals surface area contributed by atoms with Crippen LogP contribution in [-0.4, -0.2) is 55.2 Å². The fraction of sp³-hybridized carbons (Fsp3) is 0.647. The lowest BCUT2D eigenvalue weighted by molar-refractivity contribution is -0.145. The quantitative estimate of drug-likeness (QED) is 0.577. The number of nitrogens with zero attached hydrogens (tertiary/aromatic N) is 3. The first-order valence-corrected chi connectivity index (χ1v) is 8.56. The summed E-state index contributed by atoms with van der Waals surface area (Å²) in [6, 6.07) is 2.45. The van der Waals surface area contributed by atoms with Gasteiger partial charge in [0.1, 0.15) is 5.82 Å². The van der Waals surface area contributed by atoms with E-state index in [0.29, 0.717) is 32.1 Å². The van der Waals surface area contributed by atoms with Crippen LogP contribution in [0.5, 0.6) is 0 Å². The fourth-order valence-electron chi connectivity index (χ4n) is 2.66. The van der Waals surface area contributed by atoms with Crippen LogP contribution in [0.1, 0.15) is 31.7 Å². The lowest BCUT2D eigenvalue weighted by Crippen LogP contribution is -2.35. The van der Waals surface area contributed by atoms with Gasteiger partial charge in [-0.25, -0.2) is 4.98 Å². The Morgan fingerprint density at radius 2 is 2.04 bits per heavy atom. The number of hydrogen-bond acceptors (Lipinski definition) is 5. The topological polar surface area (TPSA) is 45.7 Å². The van der Waals surface area contributed by atoms with Crippen molar-refractivity contribution < 1.29 is 22.7 Å². The Kier molecular flexibility index (Phi) is 7.04. The van der Waals surface area contributed by atoms with Crippen LogP contribution < -0.4 is 4.90 Å². The number of pyridine rings is 1. The molecule has 0 unspecified atom stereocenters. The molecule has 0 aromatic carbocycles. The van der Waals surface area contributed by atoms with E-state index in [1.54, 1.807) is 0 Å². The van der Waals surface area contributed by atoms with E-state index in [1.165, 1.54) is 6.07 Å². The number of rotatable bonds is 6. The molecule has 2 rings (SSSR count). The molecular weight excluding hydrogens is 335 g/mol. The Labute approximate surface area is 145 Å². The van der Waals surface area contributed by atoms with E-state index in [9.17, 15) is 18.0 Å². The number of esters is 1. The van der Waals surface area contributed by atoms with Crippen molar-refractivity contribution in [2.45, 2.75) is 32.4 Å². The maximum absolute atomic E-state index is 12.6. The summed E-state index contributed by atoms with van der Waals surface area (Å²) in [5.74, 6) is 0.301. The second kappa shape index (κ2) is 9.03. The number of anilines is 1. The van der Waals surface area contributed by atoms with Crippen LogP contribution in [0.4, 0.5) is 19.0 Å². The zero-order valence-corrected chi connectivity index (χ0v) is 14.4. The lowest BCUT2D eigenvalue weighted by atomic mass is 10.2. The van der Waals surface area contributed by atoms with Gasteiger partial charge in [-0.15, -0.1) is 0 Å². The second-order valence-electron chi connectivity index (χ2n) is 6.09. The van der Waals surface area contributed by atoms with Crippen molar-refractivity contribution in [2.75, 3.05) is 44.2 Å². The summed E-state index contributed by atoms with van der Waals surface area (Å²) in [5, 5.41) is 0. The van der Waals surface area contributed by atoms with Gasteiger partial charge in [-0.2, -0.15) is 13.2 Å². The Balaban J connectivity index is 1.85. The Morgan fingerprint density at radius 1 is 1.24 bits per heavy atom. The van der Waals surface area contributed by atoms with Crippen molar-refractivity contribution in [3.63, 3.8) is 0 Å². The first kappa shape index (κ1) is 19.5. The summed E-state index contributed by atoms with van der Waals surface area (Å²) in [4.78, 5) is 19.7. The third-order valence-electron chi connectivity index (χ3n) is 4.10. The highest BCUT2D eigenvalue weighted by Gasteiger charge is 2.31. The van der Waals surface area contributed by atoms with Crippen LogP contribution in [0.25, 0.3) is 0 Å². The zero-order chi connectivity index (χ0) is 18.3. The summed E-state index contributed by atoms with van der Waals surface area (Å²) < 4.78 is 43.0. The lowest BCUT2D eigenvalue weighted by Gasteiger charge is -2.22. The highest BCUT2D eigenvalue weighted by atomic mass is 19.4. The second-order valence-corrected chi connectivity index (χ2v) is 6.09. The maximum atomic E-state index is 12.6. The molecule has 1 saturated heterocycles. The molecule has 1 aromatic heterocycles. The molecule has 2 heterocycles. The molecule has 25 heavy (non-hydrogen) atoms. The van der Waals surface area contributed by atoms with Crippen molar-refractivity contribution in [2.24, 2.45) is 0 Å². The van der Waals surface area contributed by atoms with Gasteiger partial charge in [0.25, 0.3) is 0 Å². The van der Waals surface area contributed by atoms with Gasteiger partial charge in [-0.1, -0.05) is 13.3 Å². The normalized spacial score (nSPS) is 16.6. The van der Waals surface area contributed by atoms with Crippen LogP contribution >= 0.6 is 0 Å². The highest BCUT2D eigenvalue weighted by molar-refractivity contribution is 5.71. The van der Waals surface area contributed by atoms with E-state index < -0.39 is 11.7 Å². The van der Waals surface area contributed by atoms with Gasteiger partial charge in [0.2, 0.25) is 0 Å². The summed E-state index contributed by atoms with van der Waals surface area (Å²) in [6.07, 6.45) is -0.863. The largest absolute Gasteiger partial charge is 0.465 e. The molecule has 5 nitrogen and oxygen atoms in total. The smallest absolute Gasteiger partial charge is 0.417 e. The Bertz CT molecular complexity index is 549. The van der Waals surface area contributed by atoms with E-state index >= 15 is 0 Å². The summed E-state index contributed by atoms with van der Waals surface area (Å²) in [5.41, 5.74) is -0.748. The number of carbonyl (C=O) groups is 1. The third-order valence-corrected chi connectivity index (χ3v) is 4.10. The number of ether oxygens (including phenoxy) is 1. The van der Waals surface area contributed by atoms with Gasteiger partial charge in [-0.05, 0) is 25.0 Å². The molecule has 0 saturated carbocycles. The molecule has 8 heteroatoms. The van der Waals surface area contributed by atoms with E-state index in [1.807, 2.05) is 16.7 Å². The van der Waals surface area contributed by atoms with Gasteiger partial charge in [-0.3, -0.25) is 9.69 Å². The molecule has 0 spiro atoms. The van der Waals surface area contributed by atoms with Crippen LogP contribution in [-0.2, 0) is 15.7 Å². The minimum Gasteiger partial charge on any atom is -0.465 e. The minimum atomic E-state index is -4.38. The van der Waals surface area contributed by atoms with E-state index in [-0.39, 0.29) is 12.5 Å². The number of hydrogen-bond donors (Lipinski definition) is 0. The molecule has 140 valence electrons. The molecule has 1 aromatic rings. The molecule has 0 radical (unpaired) electrons. The maximum Gasteiger partial charge on any atom is 0.417 e. The standard InChI is InChI=1S/C17H24F3N3O2/c1-2-3-11-25-16(24)13-22-7-4-8-23(10-9-22)15-6-5-14(12-21-15)17(18,19)20/h5-6,12H,2-4,7-11,13H2,1H3. The van der Waals surface area contributed by atoms with Gasteiger partial charge >= 0.3 is 12.1 Å². The van der Waals surface area contributed by atoms with Crippen LogP contribution in [0.2, 0.25) is 0 Å². The SMILES string of the molecule is CCCCOC(=O)CN1CCCN(c2ccc(C(F)(F)F)cn2)CC1. The molecule has 1 fully saturated rings. The van der Waals surface area contributed by atoms with Gasteiger partial charge in [0, 0.05) is 32.4 Å². The predicted molar refractivity (Wildman–Crippen MR) is 88.4 cm³/mol. The average molecular weight is 359 g/mol. The molecule has 0 atom stereocenters.